The van der Waals surface area contributed by atoms with E-state index < -0.39 is 18.2 Å². The average molecular weight is 577 g/mol. The van der Waals surface area contributed by atoms with Gasteiger partial charge in [0.05, 0.1) is 22.1 Å². The van der Waals surface area contributed by atoms with Crippen molar-refractivity contribution < 1.29 is 17.6 Å². The van der Waals surface area contributed by atoms with Crippen LogP contribution < -0.4 is 5.32 Å². The normalized spacial score (nSPS) is 20.7. The summed E-state index contributed by atoms with van der Waals surface area (Å²) in [4.78, 5) is 16.8. The van der Waals surface area contributed by atoms with Gasteiger partial charge in [0.25, 0.3) is 0 Å². The fraction of sp³-hybridized carbons (Fsp3) is 0.586. The Balaban J connectivity index is 1.42. The fourth-order valence-corrected chi connectivity index (χ4v) is 8.56. The summed E-state index contributed by atoms with van der Waals surface area (Å²) in [6, 6.07) is 7.69. The van der Waals surface area contributed by atoms with Crippen molar-refractivity contribution in [2.75, 3.05) is 5.75 Å². The molecule has 38 heavy (non-hydrogen) atoms. The van der Waals surface area contributed by atoms with Gasteiger partial charge >= 0.3 is 0 Å². The second-order valence-corrected chi connectivity index (χ2v) is 20.1. The van der Waals surface area contributed by atoms with Crippen LogP contribution in [0.1, 0.15) is 66.7 Å². The van der Waals surface area contributed by atoms with Gasteiger partial charge in [0.15, 0.2) is 8.32 Å². The highest BCUT2D eigenvalue weighted by atomic mass is 32.2. The Hall–Kier alpha value is -1.81. The van der Waals surface area contributed by atoms with Crippen LogP contribution in [-0.2, 0) is 19.1 Å². The summed E-state index contributed by atoms with van der Waals surface area (Å²) in [6.45, 7) is 14.9. The van der Waals surface area contributed by atoms with Gasteiger partial charge in [-0.25, -0.2) is 13.4 Å². The van der Waals surface area contributed by atoms with Crippen molar-refractivity contribution in [2.24, 2.45) is 5.92 Å². The van der Waals surface area contributed by atoms with E-state index in [1.807, 2.05) is 44.2 Å². The summed E-state index contributed by atoms with van der Waals surface area (Å²) in [5.74, 6) is 0.453. The van der Waals surface area contributed by atoms with Crippen molar-refractivity contribution in [1.29, 1.82) is 0 Å². The quantitative estimate of drug-likeness (QED) is 0.186. The molecule has 1 amide bonds. The Bertz CT molecular complexity index is 1230. The van der Waals surface area contributed by atoms with E-state index in [2.05, 4.69) is 50.2 Å². The molecule has 0 aliphatic heterocycles. The highest BCUT2D eigenvalue weighted by Crippen LogP contribution is 2.37. The first-order valence-corrected chi connectivity index (χ1v) is 18.9. The number of hydrogen-bond donors (Lipinski definition) is 1. The van der Waals surface area contributed by atoms with Crippen LogP contribution in [0.2, 0.25) is 18.1 Å². The van der Waals surface area contributed by atoms with E-state index in [0.717, 1.165) is 47.9 Å². The van der Waals surface area contributed by atoms with Crippen LogP contribution in [-0.4, -0.2) is 45.5 Å². The molecule has 0 bridgehead atoms. The van der Waals surface area contributed by atoms with Gasteiger partial charge in [-0.05, 0) is 82.1 Å². The van der Waals surface area contributed by atoms with Crippen LogP contribution in [0, 0.1) is 5.92 Å². The topological polar surface area (TPSA) is 85.4 Å². The van der Waals surface area contributed by atoms with E-state index in [9.17, 15) is 13.2 Å². The van der Waals surface area contributed by atoms with Gasteiger partial charge in [-0.1, -0.05) is 50.6 Å². The van der Waals surface area contributed by atoms with Gasteiger partial charge in [-0.15, -0.1) is 11.3 Å². The largest absolute Gasteiger partial charge is 0.411 e. The van der Waals surface area contributed by atoms with E-state index >= 15 is 0 Å². The molecule has 0 radical (unpaired) electrons. The van der Waals surface area contributed by atoms with Gasteiger partial charge in [0, 0.05) is 12.1 Å². The van der Waals surface area contributed by atoms with E-state index in [-0.39, 0.29) is 33.2 Å². The van der Waals surface area contributed by atoms with Crippen LogP contribution >= 0.6 is 11.3 Å². The van der Waals surface area contributed by atoms with Gasteiger partial charge in [-0.2, -0.15) is 0 Å². The fourth-order valence-electron chi connectivity index (χ4n) is 4.47. The number of allylic oxidation sites excluding steroid dienone is 1. The van der Waals surface area contributed by atoms with Gasteiger partial charge in [0.2, 0.25) is 20.1 Å². The monoisotopic (exact) mass is 576 g/mol. The van der Waals surface area contributed by atoms with Crippen LogP contribution in [0.3, 0.4) is 0 Å². The molecule has 1 saturated carbocycles. The van der Waals surface area contributed by atoms with Crippen molar-refractivity contribution in [2.45, 2.75) is 101 Å². The summed E-state index contributed by atoms with van der Waals surface area (Å²) in [5, 5.41) is 3.28. The van der Waals surface area contributed by atoms with Gasteiger partial charge in [0.1, 0.15) is 0 Å². The van der Waals surface area contributed by atoms with Crippen LogP contribution in [0.15, 0.2) is 52.4 Å². The van der Waals surface area contributed by atoms with Crippen molar-refractivity contribution in [1.82, 2.24) is 10.3 Å². The van der Waals surface area contributed by atoms with Gasteiger partial charge in [-0.3, -0.25) is 4.79 Å². The van der Waals surface area contributed by atoms with Gasteiger partial charge < -0.3 is 9.74 Å². The first-order valence-electron chi connectivity index (χ1n) is 13.6. The van der Waals surface area contributed by atoms with E-state index in [0.29, 0.717) is 5.92 Å². The van der Waals surface area contributed by atoms with Crippen molar-refractivity contribution >= 4 is 45.6 Å². The Labute approximate surface area is 234 Å². The zero-order chi connectivity index (χ0) is 28.1. The maximum Gasteiger partial charge on any atom is 0.243 e. The summed E-state index contributed by atoms with van der Waals surface area (Å²) >= 11 is 1.23. The number of thiazole rings is 1. The number of aromatic nitrogens is 1. The molecule has 1 atom stereocenters. The molecule has 1 aliphatic rings. The van der Waals surface area contributed by atoms with E-state index in [4.69, 9.17) is 4.43 Å². The molecular weight excluding hydrogens is 533 g/mol. The minimum atomic E-state index is -3.45. The van der Waals surface area contributed by atoms with Crippen LogP contribution in [0.5, 0.6) is 0 Å². The molecule has 6 nitrogen and oxygen atoms in total. The molecule has 210 valence electrons. The van der Waals surface area contributed by atoms with E-state index in [1.165, 1.54) is 11.3 Å². The predicted molar refractivity (Wildman–Crippen MR) is 161 cm³/mol. The number of sulfone groups is 1. The standard InChI is InChI=1S/C29H44N2O4S2Si/c1-21(20-37(33,34)28-31-25-10-8-9-11-26(25)36-28)12-14-23-15-17-24(18-16-23)30-27(32)19-13-22(2)35-38(6,7)29(3,4)5/h8-13,19,22-24H,14-18,20H2,1-7H3,(H,30,32)/b19-13-,21-12+/t22-,23-,24-/m0/s1. The lowest BCUT2D eigenvalue weighted by Crippen LogP contribution is -2.43. The molecular formula is C29H44N2O4S2Si. The van der Waals surface area contributed by atoms with Crippen molar-refractivity contribution in [3.05, 3.63) is 48.1 Å². The molecule has 1 fully saturated rings. The predicted octanol–water partition coefficient (Wildman–Crippen LogP) is 7.05. The SMILES string of the molecule is C/C(=C\C[C@H]1CC[C@H](NC(=O)/C=C\[C@H](C)O[Si](C)(C)C(C)(C)C)CC1)CS(=O)(=O)c1nc2ccccc2s1. The van der Waals surface area contributed by atoms with Crippen LogP contribution in [0.25, 0.3) is 10.2 Å². The minimum Gasteiger partial charge on any atom is -0.411 e. The highest BCUT2D eigenvalue weighted by Gasteiger charge is 2.38. The Kier molecular flexibility index (Phi) is 10.2. The molecule has 2 aromatic rings. The molecule has 1 aromatic carbocycles. The summed E-state index contributed by atoms with van der Waals surface area (Å²) < 4.78 is 33.1. The molecule has 1 aliphatic carbocycles. The third-order valence-electron chi connectivity index (χ3n) is 7.76. The molecule has 9 heteroatoms. The molecule has 0 spiro atoms. The number of fused-ring (bicyclic) bond motifs is 1. The number of benzene rings is 1. The first-order chi connectivity index (χ1) is 17.7. The smallest absolute Gasteiger partial charge is 0.243 e. The third-order valence-corrected chi connectivity index (χ3v) is 15.6. The Morgan fingerprint density at radius 3 is 2.50 bits per heavy atom. The van der Waals surface area contributed by atoms with Crippen molar-refractivity contribution in [3.8, 4) is 0 Å². The number of rotatable bonds is 10. The number of hydrogen-bond acceptors (Lipinski definition) is 6. The Morgan fingerprint density at radius 2 is 1.87 bits per heavy atom. The number of para-hydroxylation sites is 1. The first kappa shape index (κ1) is 30.7. The number of amides is 1. The lowest BCUT2D eigenvalue weighted by Gasteiger charge is -2.37. The zero-order valence-corrected chi connectivity index (χ0v) is 26.5. The zero-order valence-electron chi connectivity index (χ0n) is 23.9. The lowest BCUT2D eigenvalue weighted by molar-refractivity contribution is -0.117. The van der Waals surface area contributed by atoms with Crippen LogP contribution in [0.4, 0.5) is 0 Å². The second-order valence-electron chi connectivity index (χ2n) is 12.2. The second kappa shape index (κ2) is 12.6. The highest BCUT2D eigenvalue weighted by molar-refractivity contribution is 7.93. The third kappa shape index (κ3) is 8.60. The average Bonchev–Trinajstić information content (AvgIpc) is 3.27. The molecule has 1 aromatic heterocycles. The molecule has 0 saturated heterocycles. The molecule has 0 unspecified atom stereocenters. The maximum atomic E-state index is 12.9. The summed E-state index contributed by atoms with van der Waals surface area (Å²) in [5.41, 5.74) is 1.59. The molecule has 1 N–H and O–H groups in total. The number of carbonyl (C=O) groups is 1. The molecule has 1 heterocycles. The van der Waals surface area contributed by atoms with E-state index in [1.54, 1.807) is 6.08 Å². The maximum absolute atomic E-state index is 12.9. The summed E-state index contributed by atoms with van der Waals surface area (Å²) in [6.07, 6.45) is 10.2. The number of nitrogens with zero attached hydrogens (tertiary/aromatic N) is 1. The molecule has 3 rings (SSSR count). The number of nitrogens with one attached hydrogen (secondary N) is 1. The number of carbonyl (C=O) groups excluding carboxylic acids is 1. The summed E-state index contributed by atoms with van der Waals surface area (Å²) in [7, 11) is -5.32. The lowest BCUT2D eigenvalue weighted by atomic mass is 9.84. The Morgan fingerprint density at radius 1 is 1.21 bits per heavy atom. The van der Waals surface area contributed by atoms with Crippen molar-refractivity contribution in [3.63, 3.8) is 0 Å². The minimum absolute atomic E-state index is 0.00210.